The summed E-state index contributed by atoms with van der Waals surface area (Å²) in [6, 6.07) is 4.56. The first-order valence-corrected chi connectivity index (χ1v) is 7.45. The standard InChI is InChI=1S/C16H26N2O/c1-12(2)13-5-4-6-14(8-7-13)18-15-9-10-16(19-3)17-11-15/h9-14,18H,4-8H2,1-3H3. The highest BCUT2D eigenvalue weighted by molar-refractivity contribution is 5.42. The second kappa shape index (κ2) is 6.78. The molecule has 1 heterocycles. The van der Waals surface area contributed by atoms with Crippen LogP contribution in [0.1, 0.15) is 46.0 Å². The maximum Gasteiger partial charge on any atom is 0.213 e. The van der Waals surface area contributed by atoms with Crippen LogP contribution >= 0.6 is 0 Å². The highest BCUT2D eigenvalue weighted by atomic mass is 16.5. The van der Waals surface area contributed by atoms with E-state index in [1.165, 1.54) is 32.1 Å². The summed E-state index contributed by atoms with van der Waals surface area (Å²) in [4.78, 5) is 4.24. The maximum absolute atomic E-state index is 5.08. The second-order valence-electron chi connectivity index (χ2n) is 5.94. The number of nitrogens with zero attached hydrogens (tertiary/aromatic N) is 1. The van der Waals surface area contributed by atoms with E-state index in [4.69, 9.17) is 4.74 Å². The molecule has 1 aromatic rings. The van der Waals surface area contributed by atoms with Crippen LogP contribution in [0.2, 0.25) is 0 Å². The van der Waals surface area contributed by atoms with E-state index >= 15 is 0 Å². The first-order valence-electron chi connectivity index (χ1n) is 7.45. The van der Waals surface area contributed by atoms with Gasteiger partial charge in [0, 0.05) is 12.1 Å². The number of ether oxygens (including phenoxy) is 1. The Bertz CT molecular complexity index is 375. The predicted octanol–water partition coefficient (Wildman–Crippen LogP) is 4.11. The largest absolute Gasteiger partial charge is 0.481 e. The normalized spacial score (nSPS) is 24.0. The lowest BCUT2D eigenvalue weighted by atomic mass is 9.89. The summed E-state index contributed by atoms with van der Waals surface area (Å²) < 4.78 is 5.08. The van der Waals surface area contributed by atoms with Gasteiger partial charge < -0.3 is 10.1 Å². The molecule has 1 aliphatic rings. The lowest BCUT2D eigenvalue weighted by Gasteiger charge is -2.19. The molecule has 0 amide bonds. The number of rotatable bonds is 4. The number of hydrogen-bond donors (Lipinski definition) is 1. The van der Waals surface area contributed by atoms with Gasteiger partial charge in [-0.2, -0.15) is 0 Å². The van der Waals surface area contributed by atoms with Crippen LogP contribution in [0.25, 0.3) is 0 Å². The fraction of sp³-hybridized carbons (Fsp3) is 0.688. The van der Waals surface area contributed by atoms with Gasteiger partial charge in [-0.05, 0) is 37.2 Å². The third-order valence-electron chi connectivity index (χ3n) is 4.27. The van der Waals surface area contributed by atoms with Crippen LogP contribution in [0.3, 0.4) is 0 Å². The van der Waals surface area contributed by atoms with Crippen molar-refractivity contribution in [2.75, 3.05) is 12.4 Å². The summed E-state index contributed by atoms with van der Waals surface area (Å²) in [5.41, 5.74) is 1.11. The van der Waals surface area contributed by atoms with Crippen molar-refractivity contribution in [1.82, 2.24) is 4.98 Å². The Morgan fingerprint density at radius 2 is 2.05 bits per heavy atom. The molecule has 2 rings (SSSR count). The topological polar surface area (TPSA) is 34.1 Å². The van der Waals surface area contributed by atoms with Crippen molar-refractivity contribution >= 4 is 5.69 Å². The second-order valence-corrected chi connectivity index (χ2v) is 5.94. The average Bonchev–Trinajstić information content (AvgIpc) is 2.65. The van der Waals surface area contributed by atoms with E-state index in [0.29, 0.717) is 11.9 Å². The van der Waals surface area contributed by atoms with Crippen LogP contribution in [-0.2, 0) is 0 Å². The zero-order valence-electron chi connectivity index (χ0n) is 12.4. The molecule has 2 atom stereocenters. The minimum Gasteiger partial charge on any atom is -0.481 e. The molecule has 1 aromatic heterocycles. The molecule has 0 aromatic carbocycles. The van der Waals surface area contributed by atoms with E-state index in [1.54, 1.807) is 7.11 Å². The number of pyridine rings is 1. The quantitative estimate of drug-likeness (QED) is 0.829. The van der Waals surface area contributed by atoms with Crippen molar-refractivity contribution in [3.63, 3.8) is 0 Å². The van der Waals surface area contributed by atoms with E-state index < -0.39 is 0 Å². The SMILES string of the molecule is COc1ccc(NC2CCCC(C(C)C)CC2)cn1. The van der Waals surface area contributed by atoms with Crippen LogP contribution < -0.4 is 10.1 Å². The monoisotopic (exact) mass is 262 g/mol. The third-order valence-corrected chi connectivity index (χ3v) is 4.27. The Hall–Kier alpha value is -1.25. The van der Waals surface area contributed by atoms with Gasteiger partial charge in [0.25, 0.3) is 0 Å². The van der Waals surface area contributed by atoms with E-state index in [-0.39, 0.29) is 0 Å². The first kappa shape index (κ1) is 14.2. The lowest BCUT2D eigenvalue weighted by molar-refractivity contribution is 0.341. The Balaban J connectivity index is 1.88. The molecule has 106 valence electrons. The van der Waals surface area contributed by atoms with Gasteiger partial charge in [-0.25, -0.2) is 4.98 Å². The molecule has 0 aliphatic heterocycles. The Kier molecular flexibility index (Phi) is 5.06. The zero-order valence-corrected chi connectivity index (χ0v) is 12.4. The van der Waals surface area contributed by atoms with Crippen molar-refractivity contribution in [2.24, 2.45) is 11.8 Å². The van der Waals surface area contributed by atoms with Gasteiger partial charge in [0.1, 0.15) is 0 Å². The molecule has 2 unspecified atom stereocenters. The van der Waals surface area contributed by atoms with Crippen molar-refractivity contribution < 1.29 is 4.74 Å². The summed E-state index contributed by atoms with van der Waals surface area (Å²) in [6.45, 7) is 4.71. The summed E-state index contributed by atoms with van der Waals surface area (Å²) in [5, 5.41) is 3.61. The van der Waals surface area contributed by atoms with Crippen LogP contribution in [0.4, 0.5) is 5.69 Å². The number of hydrogen-bond acceptors (Lipinski definition) is 3. The lowest BCUT2D eigenvalue weighted by Crippen LogP contribution is -2.18. The fourth-order valence-electron chi connectivity index (χ4n) is 2.96. The Morgan fingerprint density at radius 3 is 2.68 bits per heavy atom. The highest BCUT2D eigenvalue weighted by Crippen LogP contribution is 2.30. The van der Waals surface area contributed by atoms with Gasteiger partial charge in [0.05, 0.1) is 19.0 Å². The fourth-order valence-corrected chi connectivity index (χ4v) is 2.96. The summed E-state index contributed by atoms with van der Waals surface area (Å²) in [6.07, 6.45) is 8.48. The van der Waals surface area contributed by atoms with Crippen molar-refractivity contribution in [1.29, 1.82) is 0 Å². The smallest absolute Gasteiger partial charge is 0.213 e. The molecule has 3 nitrogen and oxygen atoms in total. The molecule has 0 bridgehead atoms. The molecule has 1 saturated carbocycles. The van der Waals surface area contributed by atoms with Gasteiger partial charge in [0.15, 0.2) is 0 Å². The summed E-state index contributed by atoms with van der Waals surface area (Å²) in [7, 11) is 1.65. The molecule has 1 aliphatic carbocycles. The molecular weight excluding hydrogens is 236 g/mol. The van der Waals surface area contributed by atoms with E-state index in [1.807, 2.05) is 12.3 Å². The molecule has 0 spiro atoms. The van der Waals surface area contributed by atoms with Gasteiger partial charge >= 0.3 is 0 Å². The van der Waals surface area contributed by atoms with Crippen molar-refractivity contribution in [3.8, 4) is 5.88 Å². The maximum atomic E-state index is 5.08. The van der Waals surface area contributed by atoms with Crippen molar-refractivity contribution in [3.05, 3.63) is 18.3 Å². The van der Waals surface area contributed by atoms with Crippen LogP contribution in [0, 0.1) is 11.8 Å². The predicted molar refractivity (Wildman–Crippen MR) is 79.6 cm³/mol. The van der Waals surface area contributed by atoms with Gasteiger partial charge in [-0.1, -0.05) is 26.7 Å². The van der Waals surface area contributed by atoms with Gasteiger partial charge in [0.2, 0.25) is 5.88 Å². The Morgan fingerprint density at radius 1 is 1.21 bits per heavy atom. The molecular formula is C16H26N2O. The first-order chi connectivity index (χ1) is 9.19. The van der Waals surface area contributed by atoms with Gasteiger partial charge in [-0.15, -0.1) is 0 Å². The Labute approximate surface area is 116 Å². The number of aromatic nitrogens is 1. The minimum absolute atomic E-state index is 0.596. The highest BCUT2D eigenvalue weighted by Gasteiger charge is 2.20. The summed E-state index contributed by atoms with van der Waals surface area (Å²) in [5.74, 6) is 2.40. The molecule has 3 heteroatoms. The molecule has 0 radical (unpaired) electrons. The number of methoxy groups -OCH3 is 1. The average molecular weight is 262 g/mol. The van der Waals surface area contributed by atoms with Crippen LogP contribution in [-0.4, -0.2) is 18.1 Å². The zero-order chi connectivity index (χ0) is 13.7. The van der Waals surface area contributed by atoms with Gasteiger partial charge in [-0.3, -0.25) is 0 Å². The summed E-state index contributed by atoms with van der Waals surface area (Å²) >= 11 is 0. The van der Waals surface area contributed by atoms with Crippen LogP contribution in [0.15, 0.2) is 18.3 Å². The van der Waals surface area contributed by atoms with Crippen LogP contribution in [0.5, 0.6) is 5.88 Å². The van der Waals surface area contributed by atoms with Crippen molar-refractivity contribution in [2.45, 2.75) is 52.0 Å². The number of anilines is 1. The molecule has 19 heavy (non-hydrogen) atoms. The van der Waals surface area contributed by atoms with E-state index in [0.717, 1.165) is 17.5 Å². The minimum atomic E-state index is 0.596. The molecule has 1 fully saturated rings. The van der Waals surface area contributed by atoms with E-state index in [2.05, 4.69) is 30.2 Å². The third kappa shape index (κ3) is 4.12. The molecule has 1 N–H and O–H groups in total. The van der Waals surface area contributed by atoms with E-state index in [9.17, 15) is 0 Å². The number of nitrogens with one attached hydrogen (secondary N) is 1. The molecule has 0 saturated heterocycles.